The van der Waals surface area contributed by atoms with E-state index >= 15 is 0 Å². The summed E-state index contributed by atoms with van der Waals surface area (Å²) >= 11 is 0. The summed E-state index contributed by atoms with van der Waals surface area (Å²) in [7, 11) is 1.89. The first-order valence-corrected chi connectivity index (χ1v) is 9.33. The molecule has 1 aromatic carbocycles. The van der Waals surface area contributed by atoms with Gasteiger partial charge >= 0.3 is 0 Å². The van der Waals surface area contributed by atoms with E-state index < -0.39 is 0 Å². The van der Waals surface area contributed by atoms with Gasteiger partial charge in [-0.25, -0.2) is 5.01 Å². The zero-order chi connectivity index (χ0) is 17.2. The van der Waals surface area contributed by atoms with Crippen LogP contribution in [0.4, 0.5) is 0 Å². The third kappa shape index (κ3) is 6.77. The second kappa shape index (κ2) is 10.7. The van der Waals surface area contributed by atoms with Crippen molar-refractivity contribution in [3.05, 3.63) is 29.8 Å². The lowest BCUT2D eigenvalue weighted by Crippen LogP contribution is -2.35. The monoisotopic (exact) mass is 334 g/mol. The number of benzene rings is 1. The van der Waals surface area contributed by atoms with Crippen molar-refractivity contribution in [2.45, 2.75) is 38.6 Å². The van der Waals surface area contributed by atoms with E-state index in [1.165, 1.54) is 37.9 Å². The highest BCUT2D eigenvalue weighted by Crippen LogP contribution is 2.20. The maximum absolute atomic E-state index is 5.90. The molecule has 1 unspecified atom stereocenters. The molecule has 0 radical (unpaired) electrons. The van der Waals surface area contributed by atoms with Crippen LogP contribution in [0.1, 0.15) is 44.2 Å². The van der Waals surface area contributed by atoms with Gasteiger partial charge in [0.25, 0.3) is 0 Å². The molecule has 136 valence electrons. The van der Waals surface area contributed by atoms with Crippen molar-refractivity contribution in [1.82, 2.24) is 15.2 Å². The smallest absolute Gasteiger partial charge is 0.119 e. The fourth-order valence-electron chi connectivity index (χ4n) is 3.18. The molecule has 1 aromatic rings. The lowest BCUT2D eigenvalue weighted by Gasteiger charge is -2.26. The Kier molecular flexibility index (Phi) is 8.53. The first-order valence-electron chi connectivity index (χ1n) is 9.33. The minimum Gasteiger partial charge on any atom is -0.492 e. The Morgan fingerprint density at radius 2 is 1.92 bits per heavy atom. The summed E-state index contributed by atoms with van der Waals surface area (Å²) in [4.78, 5) is 2.50. The largest absolute Gasteiger partial charge is 0.492 e. The van der Waals surface area contributed by atoms with Gasteiger partial charge in [-0.05, 0) is 50.0 Å². The van der Waals surface area contributed by atoms with Gasteiger partial charge in [-0.2, -0.15) is 0 Å². The molecule has 0 aromatic heterocycles. The molecule has 0 aliphatic carbocycles. The van der Waals surface area contributed by atoms with Crippen molar-refractivity contribution in [3.8, 4) is 5.75 Å². The normalized spacial score (nSPS) is 17.2. The van der Waals surface area contributed by atoms with Crippen molar-refractivity contribution in [1.29, 1.82) is 0 Å². The molecule has 24 heavy (non-hydrogen) atoms. The molecule has 0 spiro atoms. The second-order valence-electron chi connectivity index (χ2n) is 6.72. The second-order valence-corrected chi connectivity index (χ2v) is 6.72. The van der Waals surface area contributed by atoms with E-state index in [4.69, 9.17) is 10.6 Å². The number of nitrogens with two attached hydrogens (primary N) is 1. The number of ether oxygens (including phenoxy) is 1. The third-order valence-corrected chi connectivity index (χ3v) is 4.67. The van der Waals surface area contributed by atoms with Crippen molar-refractivity contribution in [3.63, 3.8) is 0 Å². The fraction of sp³-hybridized carbons (Fsp3) is 0.684. The summed E-state index contributed by atoms with van der Waals surface area (Å²) in [6.07, 6.45) is 5.11. The van der Waals surface area contributed by atoms with Gasteiger partial charge < -0.3 is 10.1 Å². The van der Waals surface area contributed by atoms with E-state index in [2.05, 4.69) is 41.4 Å². The van der Waals surface area contributed by atoms with Crippen molar-refractivity contribution < 1.29 is 4.74 Å². The van der Waals surface area contributed by atoms with Crippen LogP contribution in [-0.2, 0) is 0 Å². The maximum Gasteiger partial charge on any atom is 0.119 e. The number of rotatable bonds is 10. The zero-order valence-electron chi connectivity index (χ0n) is 15.3. The van der Waals surface area contributed by atoms with E-state index in [1.54, 1.807) is 5.01 Å². The molecular formula is C19H34N4O. The van der Waals surface area contributed by atoms with E-state index in [0.717, 1.165) is 38.4 Å². The Balaban J connectivity index is 1.74. The number of likely N-dealkylation sites (N-methyl/N-ethyl adjacent to an activating group) is 1. The molecule has 5 nitrogen and oxygen atoms in total. The van der Waals surface area contributed by atoms with Crippen LogP contribution in [0.25, 0.3) is 0 Å². The molecule has 1 aliphatic heterocycles. The predicted molar refractivity (Wildman–Crippen MR) is 100 cm³/mol. The van der Waals surface area contributed by atoms with Crippen LogP contribution in [0.2, 0.25) is 0 Å². The fourth-order valence-corrected chi connectivity index (χ4v) is 3.18. The van der Waals surface area contributed by atoms with E-state index in [1.807, 2.05) is 7.05 Å². The molecular weight excluding hydrogens is 300 g/mol. The van der Waals surface area contributed by atoms with Gasteiger partial charge in [-0.3, -0.25) is 10.7 Å². The van der Waals surface area contributed by atoms with Gasteiger partial charge in [-0.1, -0.05) is 25.5 Å². The topological polar surface area (TPSA) is 53.8 Å². The molecule has 5 heteroatoms. The summed E-state index contributed by atoms with van der Waals surface area (Å²) in [5, 5.41) is 5.26. The first-order chi connectivity index (χ1) is 11.7. The SMILES string of the molecule is CCC(NCCN(C)N)c1ccc(OCCN2CCCCC2)cc1. The highest BCUT2D eigenvalue weighted by atomic mass is 16.5. The lowest BCUT2D eigenvalue weighted by molar-refractivity contribution is 0.183. The number of likely N-dealkylation sites (tertiary alicyclic amines) is 1. The number of piperidine rings is 1. The van der Waals surface area contributed by atoms with Gasteiger partial charge in [0, 0.05) is 32.7 Å². The van der Waals surface area contributed by atoms with Crippen molar-refractivity contribution >= 4 is 0 Å². The van der Waals surface area contributed by atoms with Crippen LogP contribution in [-0.4, -0.2) is 56.3 Å². The Morgan fingerprint density at radius 3 is 2.54 bits per heavy atom. The van der Waals surface area contributed by atoms with Crippen LogP contribution in [0.15, 0.2) is 24.3 Å². The number of nitrogens with zero attached hydrogens (tertiary/aromatic N) is 2. The molecule has 1 heterocycles. The Morgan fingerprint density at radius 1 is 1.21 bits per heavy atom. The lowest BCUT2D eigenvalue weighted by atomic mass is 10.0. The highest BCUT2D eigenvalue weighted by Gasteiger charge is 2.10. The van der Waals surface area contributed by atoms with Crippen LogP contribution < -0.4 is 15.9 Å². The highest BCUT2D eigenvalue weighted by molar-refractivity contribution is 5.29. The van der Waals surface area contributed by atoms with Crippen LogP contribution in [0.3, 0.4) is 0 Å². The van der Waals surface area contributed by atoms with Crippen molar-refractivity contribution in [2.75, 3.05) is 46.4 Å². The molecule has 2 rings (SSSR count). The van der Waals surface area contributed by atoms with E-state index in [0.29, 0.717) is 6.04 Å². The van der Waals surface area contributed by atoms with Crippen LogP contribution >= 0.6 is 0 Å². The first kappa shape index (κ1) is 19.2. The van der Waals surface area contributed by atoms with Gasteiger partial charge in [0.15, 0.2) is 0 Å². The van der Waals surface area contributed by atoms with Gasteiger partial charge in [0.1, 0.15) is 12.4 Å². The average Bonchev–Trinajstić information content (AvgIpc) is 2.60. The summed E-state index contributed by atoms with van der Waals surface area (Å²) in [5.41, 5.74) is 1.31. The van der Waals surface area contributed by atoms with Crippen LogP contribution in [0, 0.1) is 0 Å². The Hall–Kier alpha value is -1.14. The number of hydrazine groups is 1. The molecule has 1 fully saturated rings. The molecule has 1 atom stereocenters. The molecule has 1 aliphatic rings. The summed E-state index contributed by atoms with van der Waals surface area (Å²) in [5.74, 6) is 6.62. The number of hydrogen-bond acceptors (Lipinski definition) is 5. The van der Waals surface area contributed by atoms with Crippen LogP contribution in [0.5, 0.6) is 5.75 Å². The molecule has 1 saturated heterocycles. The quantitative estimate of drug-likeness (QED) is 0.508. The van der Waals surface area contributed by atoms with Gasteiger partial charge in [0.05, 0.1) is 0 Å². The molecule has 0 amide bonds. The van der Waals surface area contributed by atoms with Crippen molar-refractivity contribution in [2.24, 2.45) is 5.84 Å². The molecule has 0 bridgehead atoms. The summed E-state index contributed by atoms with van der Waals surface area (Å²) < 4.78 is 5.90. The number of nitrogens with one attached hydrogen (secondary N) is 1. The molecule has 3 N–H and O–H groups in total. The maximum atomic E-state index is 5.90. The third-order valence-electron chi connectivity index (χ3n) is 4.67. The summed E-state index contributed by atoms with van der Waals surface area (Å²) in [6.45, 7) is 8.19. The Labute approximate surface area is 147 Å². The minimum absolute atomic E-state index is 0.368. The summed E-state index contributed by atoms with van der Waals surface area (Å²) in [6, 6.07) is 8.88. The van der Waals surface area contributed by atoms with Gasteiger partial charge in [0.2, 0.25) is 0 Å². The molecule has 0 saturated carbocycles. The van der Waals surface area contributed by atoms with E-state index in [-0.39, 0.29) is 0 Å². The van der Waals surface area contributed by atoms with E-state index in [9.17, 15) is 0 Å². The average molecular weight is 335 g/mol. The van der Waals surface area contributed by atoms with Gasteiger partial charge in [-0.15, -0.1) is 0 Å². The standard InChI is InChI=1S/C19H34N4O/c1-3-19(21-11-14-22(2)20)17-7-9-18(10-8-17)24-16-15-23-12-5-4-6-13-23/h7-10,19,21H,3-6,11-16,20H2,1-2H3. The minimum atomic E-state index is 0.368. The zero-order valence-corrected chi connectivity index (χ0v) is 15.3. The predicted octanol–water partition coefficient (Wildman–Crippen LogP) is 2.40. The Bertz CT molecular complexity index is 443. The number of hydrogen-bond donors (Lipinski definition) is 2.